The fourth-order valence-corrected chi connectivity index (χ4v) is 2.76. The largest absolute Gasteiger partial charge is 0.444 e. The lowest BCUT2D eigenvalue weighted by Crippen LogP contribution is -2.40. The van der Waals surface area contributed by atoms with Gasteiger partial charge in [0.2, 0.25) is 0 Å². The van der Waals surface area contributed by atoms with E-state index in [0.29, 0.717) is 6.54 Å². The molecule has 7 heteroatoms. The van der Waals surface area contributed by atoms with Crippen LogP contribution in [-0.2, 0) is 4.74 Å². The van der Waals surface area contributed by atoms with Crippen LogP contribution in [0.15, 0.2) is 24.3 Å². The first-order chi connectivity index (χ1) is 11.8. The zero-order valence-corrected chi connectivity index (χ0v) is 15.2. The quantitative estimate of drug-likeness (QED) is 0.621. The lowest BCUT2D eigenvalue weighted by Gasteiger charge is -2.24. The van der Waals surface area contributed by atoms with E-state index in [4.69, 9.17) is 9.84 Å². The normalized spacial score (nSPS) is 18.8. The second-order valence-corrected chi connectivity index (χ2v) is 7.31. The number of hydrogen-bond donors (Lipinski definition) is 4. The van der Waals surface area contributed by atoms with Crippen LogP contribution in [0, 0.1) is 0 Å². The Hall–Kier alpha value is -1.99. The summed E-state index contributed by atoms with van der Waals surface area (Å²) in [7, 11) is 0. The zero-order valence-electron chi connectivity index (χ0n) is 15.2. The van der Waals surface area contributed by atoms with Crippen molar-refractivity contribution in [3.8, 4) is 0 Å². The van der Waals surface area contributed by atoms with E-state index < -0.39 is 17.8 Å². The molecule has 0 saturated carbocycles. The van der Waals surface area contributed by atoms with E-state index in [9.17, 15) is 9.90 Å². The number of carbonyl (C=O) groups is 1. The van der Waals surface area contributed by atoms with Gasteiger partial charge in [-0.1, -0.05) is 12.1 Å². The Morgan fingerprint density at radius 1 is 1.40 bits per heavy atom. The molecule has 2 unspecified atom stereocenters. The molecule has 1 aliphatic heterocycles. The van der Waals surface area contributed by atoms with Gasteiger partial charge in [-0.2, -0.15) is 0 Å². The molecule has 0 aliphatic carbocycles. The number of hydrogen-bond acceptors (Lipinski definition) is 6. The number of amides is 1. The first kappa shape index (κ1) is 19.3. The van der Waals surface area contributed by atoms with Crippen LogP contribution in [-0.4, -0.2) is 60.3 Å². The minimum Gasteiger partial charge on any atom is -0.444 e. The Bertz CT molecular complexity index is 574. The van der Waals surface area contributed by atoms with Crippen molar-refractivity contribution in [3.05, 3.63) is 24.3 Å². The monoisotopic (exact) mass is 351 g/mol. The van der Waals surface area contributed by atoms with Crippen molar-refractivity contribution in [2.45, 2.75) is 44.9 Å². The first-order valence-electron chi connectivity index (χ1n) is 8.65. The van der Waals surface area contributed by atoms with E-state index in [1.54, 1.807) is 0 Å². The molecule has 1 aromatic rings. The second kappa shape index (κ2) is 8.40. The van der Waals surface area contributed by atoms with E-state index in [-0.39, 0.29) is 19.2 Å². The van der Waals surface area contributed by atoms with Gasteiger partial charge in [0.05, 0.1) is 30.1 Å². The van der Waals surface area contributed by atoms with Gasteiger partial charge in [0.1, 0.15) is 5.60 Å². The Labute approximate surface area is 149 Å². The number of anilines is 2. The van der Waals surface area contributed by atoms with E-state index in [1.165, 1.54) is 0 Å². The number of ether oxygens (including phenoxy) is 1. The van der Waals surface area contributed by atoms with Crippen LogP contribution < -0.4 is 15.5 Å². The van der Waals surface area contributed by atoms with Crippen molar-refractivity contribution in [2.24, 2.45) is 0 Å². The highest BCUT2D eigenvalue weighted by atomic mass is 16.6. The molecule has 25 heavy (non-hydrogen) atoms. The number of aliphatic hydroxyl groups is 2. The number of nitrogens with zero attached hydrogens (tertiary/aromatic N) is 1. The topological polar surface area (TPSA) is 94.1 Å². The molecule has 0 radical (unpaired) electrons. The molecule has 2 atom stereocenters. The summed E-state index contributed by atoms with van der Waals surface area (Å²) < 4.78 is 5.31. The summed E-state index contributed by atoms with van der Waals surface area (Å²) in [4.78, 5) is 14.1. The smallest absolute Gasteiger partial charge is 0.407 e. The predicted molar refractivity (Wildman–Crippen MR) is 98.0 cm³/mol. The SMILES string of the molecule is CC(C)(C)OC(=O)NC1CCN(c2ccccc2NCC(O)CO)C1. The third kappa shape index (κ3) is 6.10. The summed E-state index contributed by atoms with van der Waals surface area (Å²) in [5, 5.41) is 24.5. The molecule has 4 N–H and O–H groups in total. The third-order valence-corrected chi connectivity index (χ3v) is 3.89. The summed E-state index contributed by atoms with van der Waals surface area (Å²) in [6.45, 7) is 7.05. The van der Waals surface area contributed by atoms with Gasteiger partial charge < -0.3 is 30.5 Å². The summed E-state index contributed by atoms with van der Waals surface area (Å²) in [5.41, 5.74) is 1.40. The van der Waals surface area contributed by atoms with Crippen molar-refractivity contribution in [3.63, 3.8) is 0 Å². The molecule has 1 fully saturated rings. The van der Waals surface area contributed by atoms with E-state index >= 15 is 0 Å². The Morgan fingerprint density at radius 2 is 2.12 bits per heavy atom. The number of aliphatic hydroxyl groups excluding tert-OH is 2. The highest BCUT2D eigenvalue weighted by molar-refractivity contribution is 5.71. The Balaban J connectivity index is 1.94. The van der Waals surface area contributed by atoms with Crippen molar-refractivity contribution >= 4 is 17.5 Å². The van der Waals surface area contributed by atoms with Crippen LogP contribution in [0.2, 0.25) is 0 Å². The molecule has 1 amide bonds. The van der Waals surface area contributed by atoms with Crippen LogP contribution in [0.3, 0.4) is 0 Å². The minimum absolute atomic E-state index is 0.0333. The highest BCUT2D eigenvalue weighted by Gasteiger charge is 2.27. The molecular weight excluding hydrogens is 322 g/mol. The summed E-state index contributed by atoms with van der Waals surface area (Å²) >= 11 is 0. The number of nitrogens with one attached hydrogen (secondary N) is 2. The molecule has 0 bridgehead atoms. The molecule has 1 aliphatic rings. The summed E-state index contributed by atoms with van der Waals surface area (Å²) in [5.74, 6) is 0. The average molecular weight is 351 g/mol. The molecule has 1 saturated heterocycles. The lowest BCUT2D eigenvalue weighted by molar-refractivity contribution is 0.0509. The maximum Gasteiger partial charge on any atom is 0.407 e. The fourth-order valence-electron chi connectivity index (χ4n) is 2.76. The lowest BCUT2D eigenvalue weighted by atomic mass is 10.2. The molecular formula is C18H29N3O4. The maximum absolute atomic E-state index is 11.9. The van der Waals surface area contributed by atoms with Gasteiger partial charge in [-0.15, -0.1) is 0 Å². The molecule has 1 aromatic carbocycles. The van der Waals surface area contributed by atoms with Gasteiger partial charge in [0.15, 0.2) is 0 Å². The number of rotatable bonds is 6. The van der Waals surface area contributed by atoms with Crippen molar-refractivity contribution < 1.29 is 19.7 Å². The molecule has 1 heterocycles. The standard InChI is InChI=1S/C18H29N3O4/c1-18(2,3)25-17(24)20-13-8-9-21(11-13)16-7-5-4-6-15(16)19-10-14(23)12-22/h4-7,13-14,19,22-23H,8-12H2,1-3H3,(H,20,24). The van der Waals surface area contributed by atoms with E-state index in [0.717, 1.165) is 24.3 Å². The third-order valence-electron chi connectivity index (χ3n) is 3.89. The molecule has 2 rings (SSSR count). The van der Waals surface area contributed by atoms with Gasteiger partial charge in [0.25, 0.3) is 0 Å². The first-order valence-corrected chi connectivity index (χ1v) is 8.65. The van der Waals surface area contributed by atoms with Gasteiger partial charge in [-0.05, 0) is 39.3 Å². The molecule has 0 spiro atoms. The van der Waals surface area contributed by atoms with Crippen molar-refractivity contribution in [2.75, 3.05) is 36.5 Å². The number of carbonyl (C=O) groups excluding carboxylic acids is 1. The van der Waals surface area contributed by atoms with E-state index in [2.05, 4.69) is 15.5 Å². The molecule has 7 nitrogen and oxygen atoms in total. The average Bonchev–Trinajstić information content (AvgIpc) is 2.99. The van der Waals surface area contributed by atoms with Gasteiger partial charge in [-0.25, -0.2) is 4.79 Å². The van der Waals surface area contributed by atoms with Gasteiger partial charge >= 0.3 is 6.09 Å². The van der Waals surface area contributed by atoms with Crippen LogP contribution in [0.5, 0.6) is 0 Å². The van der Waals surface area contributed by atoms with Crippen LogP contribution in [0.1, 0.15) is 27.2 Å². The van der Waals surface area contributed by atoms with Crippen LogP contribution in [0.25, 0.3) is 0 Å². The minimum atomic E-state index is -0.798. The highest BCUT2D eigenvalue weighted by Crippen LogP contribution is 2.28. The number of alkyl carbamates (subject to hydrolysis) is 1. The van der Waals surface area contributed by atoms with Crippen molar-refractivity contribution in [1.29, 1.82) is 0 Å². The Morgan fingerprint density at radius 3 is 2.80 bits per heavy atom. The van der Waals surface area contributed by atoms with Crippen molar-refractivity contribution in [1.82, 2.24) is 5.32 Å². The van der Waals surface area contributed by atoms with Gasteiger partial charge in [0, 0.05) is 19.6 Å². The second-order valence-electron chi connectivity index (χ2n) is 7.31. The zero-order chi connectivity index (χ0) is 18.4. The van der Waals surface area contributed by atoms with Crippen LogP contribution >= 0.6 is 0 Å². The summed E-state index contributed by atoms with van der Waals surface area (Å²) in [6, 6.07) is 7.85. The van der Waals surface area contributed by atoms with Gasteiger partial charge in [-0.3, -0.25) is 0 Å². The van der Waals surface area contributed by atoms with Crippen LogP contribution in [0.4, 0.5) is 16.2 Å². The number of para-hydroxylation sites is 2. The fraction of sp³-hybridized carbons (Fsp3) is 0.611. The molecule has 140 valence electrons. The van der Waals surface area contributed by atoms with E-state index in [1.807, 2.05) is 45.0 Å². The maximum atomic E-state index is 11.9. The summed E-state index contributed by atoms with van der Waals surface area (Å²) in [6.07, 6.45) is -0.350. The Kier molecular flexibility index (Phi) is 6.50. The molecule has 0 aromatic heterocycles. The number of benzene rings is 1. The predicted octanol–water partition coefficient (Wildman–Crippen LogP) is 1.56.